The molecule has 5 nitrogen and oxygen atoms in total. The lowest BCUT2D eigenvalue weighted by molar-refractivity contribution is 0.205. The quantitative estimate of drug-likeness (QED) is 0.315. The lowest BCUT2D eigenvalue weighted by atomic mass is 10.1. The van der Waals surface area contributed by atoms with E-state index in [0.717, 1.165) is 38.6 Å². The largest absolute Gasteiger partial charge is 0.488 e. The first kappa shape index (κ1) is 23.9. The van der Waals surface area contributed by atoms with Gasteiger partial charge in [0.15, 0.2) is 5.96 Å². The standard InChI is InChI=1S/C20H33FN4O.HI/c1-4-18(26-19-9-7-8-17(21)12-19)14-24-20(22-5-2)23-13-16-10-11-25(6-3)15-16;/h7-9,12,16,18H,4-6,10-11,13-15H2,1-3H3,(H2,22,23,24);1H. The molecule has 0 amide bonds. The van der Waals surface area contributed by atoms with E-state index in [0.29, 0.717) is 18.2 Å². The Morgan fingerprint density at radius 2 is 2.15 bits per heavy atom. The van der Waals surface area contributed by atoms with E-state index in [1.54, 1.807) is 12.1 Å². The summed E-state index contributed by atoms with van der Waals surface area (Å²) in [7, 11) is 0. The van der Waals surface area contributed by atoms with Crippen LogP contribution in [0.3, 0.4) is 0 Å². The molecule has 1 aliphatic heterocycles. The Morgan fingerprint density at radius 3 is 2.78 bits per heavy atom. The predicted octanol–water partition coefficient (Wildman–Crippen LogP) is 3.50. The molecule has 154 valence electrons. The molecule has 2 N–H and O–H groups in total. The molecule has 7 heteroatoms. The summed E-state index contributed by atoms with van der Waals surface area (Å²) in [5.41, 5.74) is 0. The van der Waals surface area contributed by atoms with Crippen molar-refractivity contribution in [2.45, 2.75) is 39.7 Å². The molecule has 1 heterocycles. The Labute approximate surface area is 180 Å². The molecule has 27 heavy (non-hydrogen) atoms. The first-order valence-electron chi connectivity index (χ1n) is 9.81. The number of hydrogen-bond acceptors (Lipinski definition) is 3. The Morgan fingerprint density at radius 1 is 1.33 bits per heavy atom. The minimum Gasteiger partial charge on any atom is -0.488 e. The fraction of sp³-hybridized carbons (Fsp3) is 0.650. The van der Waals surface area contributed by atoms with E-state index in [1.807, 2.05) is 0 Å². The molecule has 2 unspecified atom stereocenters. The van der Waals surface area contributed by atoms with Gasteiger partial charge in [-0.05, 0) is 50.9 Å². The molecule has 1 aromatic carbocycles. The van der Waals surface area contributed by atoms with Crippen molar-refractivity contribution in [2.24, 2.45) is 10.9 Å². The van der Waals surface area contributed by atoms with Gasteiger partial charge in [0, 0.05) is 25.7 Å². The molecule has 1 fully saturated rings. The van der Waals surface area contributed by atoms with Crippen LogP contribution < -0.4 is 15.4 Å². The normalized spacial score (nSPS) is 18.7. The predicted molar refractivity (Wildman–Crippen MR) is 121 cm³/mol. The molecule has 0 aromatic heterocycles. The van der Waals surface area contributed by atoms with Crippen LogP contribution in [0.4, 0.5) is 4.39 Å². The summed E-state index contributed by atoms with van der Waals surface area (Å²) < 4.78 is 19.2. The van der Waals surface area contributed by atoms with Gasteiger partial charge in [-0.3, -0.25) is 0 Å². The summed E-state index contributed by atoms with van der Waals surface area (Å²) in [5.74, 6) is 1.76. The van der Waals surface area contributed by atoms with Crippen molar-refractivity contribution in [2.75, 3.05) is 39.3 Å². The van der Waals surface area contributed by atoms with Crippen molar-refractivity contribution in [1.82, 2.24) is 15.5 Å². The van der Waals surface area contributed by atoms with E-state index >= 15 is 0 Å². The van der Waals surface area contributed by atoms with E-state index in [1.165, 1.54) is 25.1 Å². The summed E-state index contributed by atoms with van der Waals surface area (Å²) in [5, 5.41) is 6.75. The second-order valence-electron chi connectivity index (χ2n) is 6.75. The average molecular weight is 492 g/mol. The first-order valence-corrected chi connectivity index (χ1v) is 9.81. The number of aliphatic imine (C=N–C) groups is 1. The number of likely N-dealkylation sites (tertiary alicyclic amines) is 1. The van der Waals surface area contributed by atoms with Crippen molar-refractivity contribution in [3.8, 4) is 5.75 Å². The lowest BCUT2D eigenvalue weighted by Crippen LogP contribution is -2.41. The second-order valence-corrected chi connectivity index (χ2v) is 6.75. The van der Waals surface area contributed by atoms with Crippen LogP contribution in [-0.2, 0) is 0 Å². The zero-order valence-corrected chi connectivity index (χ0v) is 19.0. The number of ether oxygens (including phenoxy) is 1. The molecular formula is C20H34FIN4O. The number of halogens is 2. The molecule has 0 saturated carbocycles. The molecule has 0 aliphatic carbocycles. The van der Waals surface area contributed by atoms with Crippen LogP contribution in [0, 0.1) is 11.7 Å². The Hall–Kier alpha value is -1.09. The molecule has 0 spiro atoms. The minimum absolute atomic E-state index is 0. The van der Waals surface area contributed by atoms with Crippen molar-refractivity contribution >= 4 is 29.9 Å². The molecule has 0 bridgehead atoms. The maximum absolute atomic E-state index is 13.3. The highest BCUT2D eigenvalue weighted by Gasteiger charge is 2.21. The number of hydrogen-bond donors (Lipinski definition) is 2. The summed E-state index contributed by atoms with van der Waals surface area (Å²) in [6.07, 6.45) is 1.97. The van der Waals surface area contributed by atoms with Gasteiger partial charge in [-0.1, -0.05) is 19.9 Å². The third-order valence-corrected chi connectivity index (χ3v) is 4.73. The van der Waals surface area contributed by atoms with Crippen molar-refractivity contribution in [3.05, 3.63) is 30.1 Å². The Bertz CT molecular complexity index is 573. The van der Waals surface area contributed by atoms with Crippen LogP contribution in [0.25, 0.3) is 0 Å². The fourth-order valence-corrected chi connectivity index (χ4v) is 3.13. The lowest BCUT2D eigenvalue weighted by Gasteiger charge is -2.18. The van der Waals surface area contributed by atoms with Gasteiger partial charge in [0.1, 0.15) is 17.7 Å². The molecule has 0 radical (unpaired) electrons. The van der Waals surface area contributed by atoms with Crippen LogP contribution >= 0.6 is 24.0 Å². The van der Waals surface area contributed by atoms with E-state index in [9.17, 15) is 4.39 Å². The average Bonchev–Trinajstić information content (AvgIpc) is 3.11. The number of nitrogens with zero attached hydrogens (tertiary/aromatic N) is 2. The second kappa shape index (κ2) is 13.1. The van der Waals surface area contributed by atoms with Gasteiger partial charge in [0.05, 0.1) is 6.54 Å². The molecule has 2 atom stereocenters. The molecule has 1 aromatic rings. The molecular weight excluding hydrogens is 458 g/mol. The van der Waals surface area contributed by atoms with Crippen LogP contribution in [0.5, 0.6) is 5.75 Å². The van der Waals surface area contributed by atoms with Gasteiger partial charge in [-0.25, -0.2) is 9.38 Å². The monoisotopic (exact) mass is 492 g/mol. The summed E-state index contributed by atoms with van der Waals surface area (Å²) in [6, 6.07) is 6.27. The molecule has 1 aliphatic rings. The summed E-state index contributed by atoms with van der Waals surface area (Å²) >= 11 is 0. The van der Waals surface area contributed by atoms with Gasteiger partial charge in [0.2, 0.25) is 0 Å². The fourth-order valence-electron chi connectivity index (χ4n) is 3.13. The minimum atomic E-state index is -0.284. The SMILES string of the molecule is CCNC(=NCC(CC)Oc1cccc(F)c1)NCC1CCN(CC)C1.I. The molecule has 1 saturated heterocycles. The maximum Gasteiger partial charge on any atom is 0.191 e. The summed E-state index contributed by atoms with van der Waals surface area (Å²) in [6.45, 7) is 12.1. The number of nitrogens with one attached hydrogen (secondary N) is 2. The van der Waals surface area contributed by atoms with Gasteiger partial charge in [-0.2, -0.15) is 0 Å². The Balaban J connectivity index is 0.00000364. The summed E-state index contributed by atoms with van der Waals surface area (Å²) in [4.78, 5) is 7.15. The highest BCUT2D eigenvalue weighted by Crippen LogP contribution is 2.16. The third kappa shape index (κ3) is 8.64. The Kier molecular flexibility index (Phi) is 11.7. The van der Waals surface area contributed by atoms with Crippen LogP contribution in [0.2, 0.25) is 0 Å². The van der Waals surface area contributed by atoms with E-state index in [2.05, 4.69) is 41.3 Å². The number of rotatable bonds is 9. The van der Waals surface area contributed by atoms with Crippen LogP contribution in [0.1, 0.15) is 33.6 Å². The van der Waals surface area contributed by atoms with Crippen molar-refractivity contribution < 1.29 is 9.13 Å². The third-order valence-electron chi connectivity index (χ3n) is 4.73. The van der Waals surface area contributed by atoms with E-state index < -0.39 is 0 Å². The van der Waals surface area contributed by atoms with Gasteiger partial charge < -0.3 is 20.3 Å². The number of guanidine groups is 1. The number of benzene rings is 1. The zero-order valence-electron chi connectivity index (χ0n) is 16.7. The molecule has 2 rings (SSSR count). The van der Waals surface area contributed by atoms with Crippen LogP contribution in [-0.4, -0.2) is 56.2 Å². The zero-order chi connectivity index (χ0) is 18.8. The first-order chi connectivity index (χ1) is 12.6. The van der Waals surface area contributed by atoms with Crippen molar-refractivity contribution in [1.29, 1.82) is 0 Å². The smallest absolute Gasteiger partial charge is 0.191 e. The van der Waals surface area contributed by atoms with Gasteiger partial charge >= 0.3 is 0 Å². The van der Waals surface area contributed by atoms with Crippen molar-refractivity contribution in [3.63, 3.8) is 0 Å². The van der Waals surface area contributed by atoms with E-state index in [4.69, 9.17) is 4.74 Å². The highest BCUT2D eigenvalue weighted by molar-refractivity contribution is 14.0. The topological polar surface area (TPSA) is 48.9 Å². The van der Waals surface area contributed by atoms with E-state index in [-0.39, 0.29) is 35.9 Å². The maximum atomic E-state index is 13.3. The highest BCUT2D eigenvalue weighted by atomic mass is 127. The van der Waals surface area contributed by atoms with Crippen LogP contribution in [0.15, 0.2) is 29.3 Å². The van der Waals surface area contributed by atoms with Gasteiger partial charge in [0.25, 0.3) is 0 Å². The van der Waals surface area contributed by atoms with Gasteiger partial charge in [-0.15, -0.1) is 24.0 Å².